The maximum absolute atomic E-state index is 13.9. The lowest BCUT2D eigenvalue weighted by molar-refractivity contribution is 0.0448. The molecule has 0 radical (unpaired) electrons. The number of halogens is 1. The number of nitrogens with one attached hydrogen (secondary N) is 1. The van der Waals surface area contributed by atoms with Crippen LogP contribution in [0.25, 0.3) is 0 Å². The molecule has 0 unspecified atom stereocenters. The number of amidine groups is 1. The van der Waals surface area contributed by atoms with Gasteiger partial charge in [-0.15, -0.1) is 0 Å². The van der Waals surface area contributed by atoms with Crippen LogP contribution in [0.2, 0.25) is 0 Å². The molecule has 0 aliphatic carbocycles. The monoisotopic (exact) mass is 324 g/mol. The summed E-state index contributed by atoms with van der Waals surface area (Å²) in [5.41, 5.74) is 3.05. The number of hydrogen-bond acceptors (Lipinski definition) is 2. The largest absolute Gasteiger partial charge is 0.381 e. The lowest BCUT2D eigenvalue weighted by Crippen LogP contribution is -2.45. The first-order chi connectivity index (χ1) is 11.8. The Balaban J connectivity index is 1.68. The van der Waals surface area contributed by atoms with Crippen molar-refractivity contribution in [1.29, 1.82) is 0 Å². The van der Waals surface area contributed by atoms with E-state index in [9.17, 15) is 4.39 Å². The molecule has 4 heteroatoms. The van der Waals surface area contributed by atoms with Crippen LogP contribution in [0.5, 0.6) is 0 Å². The van der Waals surface area contributed by atoms with E-state index in [1.165, 1.54) is 11.6 Å². The summed E-state index contributed by atoms with van der Waals surface area (Å²) in [6.07, 6.45) is 2.87. The average Bonchev–Trinajstić information content (AvgIpc) is 2.62. The molecular formula is C20H21FN2O. The highest BCUT2D eigenvalue weighted by Crippen LogP contribution is 2.41. The molecule has 2 aromatic carbocycles. The Morgan fingerprint density at radius 3 is 2.62 bits per heavy atom. The van der Waals surface area contributed by atoms with Gasteiger partial charge in [0, 0.05) is 29.9 Å². The number of anilines is 1. The summed E-state index contributed by atoms with van der Waals surface area (Å²) >= 11 is 0. The highest BCUT2D eigenvalue weighted by molar-refractivity contribution is 6.02. The number of nitrogens with zero attached hydrogens (tertiary/aromatic N) is 1. The minimum absolute atomic E-state index is 0.0160. The van der Waals surface area contributed by atoms with E-state index in [0.717, 1.165) is 44.0 Å². The van der Waals surface area contributed by atoms with Gasteiger partial charge in [0.05, 0.1) is 6.54 Å². The molecule has 24 heavy (non-hydrogen) atoms. The van der Waals surface area contributed by atoms with E-state index >= 15 is 0 Å². The molecule has 1 spiro atoms. The van der Waals surface area contributed by atoms with Gasteiger partial charge in [0.25, 0.3) is 0 Å². The Hall–Kier alpha value is -2.20. The molecule has 1 N–H and O–H groups in total. The number of rotatable bonds is 2. The van der Waals surface area contributed by atoms with Crippen LogP contribution in [0.4, 0.5) is 10.1 Å². The van der Waals surface area contributed by atoms with Crippen molar-refractivity contribution >= 4 is 11.5 Å². The maximum Gasteiger partial charge on any atom is 0.128 e. The van der Waals surface area contributed by atoms with Gasteiger partial charge >= 0.3 is 0 Å². The standard InChI is InChI=1S/C20H21FN2O/c21-17-7-3-1-6-16(17)14-22-19-20(9-11-24-12-10-20)13-15-5-2-4-8-18(15)23-19/h1-8H,9-14H2,(H,22,23). The number of fused-ring (bicyclic) bond motifs is 1. The average molecular weight is 324 g/mol. The summed E-state index contributed by atoms with van der Waals surface area (Å²) in [6, 6.07) is 15.2. The molecular weight excluding hydrogens is 303 g/mol. The van der Waals surface area contributed by atoms with Crippen LogP contribution in [0.1, 0.15) is 24.0 Å². The normalized spacial score (nSPS) is 20.6. The van der Waals surface area contributed by atoms with Crippen LogP contribution in [-0.2, 0) is 17.7 Å². The van der Waals surface area contributed by atoms with Gasteiger partial charge < -0.3 is 10.1 Å². The Morgan fingerprint density at radius 2 is 1.79 bits per heavy atom. The topological polar surface area (TPSA) is 33.6 Å². The number of aliphatic imine (C=N–C) groups is 1. The SMILES string of the molecule is Fc1ccccc1CN=C1Nc2ccccc2CC12CCOCC2. The zero-order valence-corrected chi connectivity index (χ0v) is 13.6. The minimum Gasteiger partial charge on any atom is -0.381 e. The smallest absolute Gasteiger partial charge is 0.128 e. The third kappa shape index (κ3) is 2.82. The number of ether oxygens (including phenoxy) is 1. The van der Waals surface area contributed by atoms with Crippen LogP contribution in [0.3, 0.4) is 0 Å². The van der Waals surface area contributed by atoms with Gasteiger partial charge in [-0.1, -0.05) is 36.4 Å². The zero-order chi connectivity index (χ0) is 16.4. The van der Waals surface area contributed by atoms with Gasteiger partial charge in [-0.25, -0.2) is 4.39 Å². The second-order valence-electron chi connectivity index (χ2n) is 6.61. The van der Waals surface area contributed by atoms with Crippen molar-refractivity contribution in [3.05, 3.63) is 65.5 Å². The van der Waals surface area contributed by atoms with Crippen LogP contribution in [0.15, 0.2) is 53.5 Å². The van der Waals surface area contributed by atoms with Gasteiger partial charge in [-0.3, -0.25) is 4.99 Å². The molecule has 2 aliphatic rings. The maximum atomic E-state index is 13.9. The summed E-state index contributed by atoms with van der Waals surface area (Å²) < 4.78 is 19.5. The Labute approximate surface area is 141 Å². The van der Waals surface area contributed by atoms with Crippen molar-refractivity contribution in [3.63, 3.8) is 0 Å². The first kappa shape index (κ1) is 15.3. The molecule has 2 heterocycles. The molecule has 2 aromatic rings. The van der Waals surface area contributed by atoms with Crippen molar-refractivity contribution in [3.8, 4) is 0 Å². The number of hydrogen-bond donors (Lipinski definition) is 1. The summed E-state index contributed by atoms with van der Waals surface area (Å²) in [4.78, 5) is 4.80. The summed E-state index contributed by atoms with van der Waals surface area (Å²) in [6.45, 7) is 1.87. The summed E-state index contributed by atoms with van der Waals surface area (Å²) in [7, 11) is 0. The van der Waals surface area contributed by atoms with Crippen LogP contribution in [0, 0.1) is 11.2 Å². The fraction of sp³-hybridized carbons (Fsp3) is 0.350. The van der Waals surface area contributed by atoms with E-state index in [4.69, 9.17) is 9.73 Å². The van der Waals surface area contributed by atoms with Crippen molar-refractivity contribution < 1.29 is 9.13 Å². The lowest BCUT2D eigenvalue weighted by Gasteiger charge is -2.42. The number of para-hydroxylation sites is 1. The summed E-state index contributed by atoms with van der Waals surface area (Å²) in [5, 5.41) is 3.52. The highest BCUT2D eigenvalue weighted by Gasteiger charge is 2.41. The van der Waals surface area contributed by atoms with Crippen molar-refractivity contribution in [2.45, 2.75) is 25.8 Å². The minimum atomic E-state index is -0.195. The molecule has 124 valence electrons. The fourth-order valence-electron chi connectivity index (χ4n) is 3.68. The molecule has 4 rings (SSSR count). The van der Waals surface area contributed by atoms with Gasteiger partial charge in [-0.2, -0.15) is 0 Å². The van der Waals surface area contributed by atoms with E-state index < -0.39 is 0 Å². The van der Waals surface area contributed by atoms with Crippen molar-refractivity contribution in [2.24, 2.45) is 10.4 Å². The lowest BCUT2D eigenvalue weighted by atomic mass is 9.71. The van der Waals surface area contributed by atoms with Gasteiger partial charge in [0.2, 0.25) is 0 Å². The van der Waals surface area contributed by atoms with E-state index in [1.54, 1.807) is 12.1 Å². The van der Waals surface area contributed by atoms with E-state index in [-0.39, 0.29) is 11.2 Å². The second-order valence-corrected chi connectivity index (χ2v) is 6.61. The molecule has 1 saturated heterocycles. The third-order valence-corrected chi connectivity index (χ3v) is 5.12. The molecule has 0 amide bonds. The van der Waals surface area contributed by atoms with Crippen LogP contribution < -0.4 is 5.32 Å². The van der Waals surface area contributed by atoms with Crippen molar-refractivity contribution in [2.75, 3.05) is 18.5 Å². The molecule has 0 saturated carbocycles. The molecule has 3 nitrogen and oxygen atoms in total. The third-order valence-electron chi connectivity index (χ3n) is 5.12. The molecule has 0 atom stereocenters. The zero-order valence-electron chi connectivity index (χ0n) is 13.6. The Bertz CT molecular complexity index is 766. The molecule has 0 aromatic heterocycles. The predicted octanol–water partition coefficient (Wildman–Crippen LogP) is 4.19. The molecule has 2 aliphatic heterocycles. The van der Waals surface area contributed by atoms with Crippen LogP contribution >= 0.6 is 0 Å². The van der Waals surface area contributed by atoms with Crippen LogP contribution in [-0.4, -0.2) is 19.0 Å². The van der Waals surface area contributed by atoms with E-state index in [0.29, 0.717) is 12.1 Å². The van der Waals surface area contributed by atoms with Gasteiger partial charge in [-0.05, 0) is 37.0 Å². The highest BCUT2D eigenvalue weighted by atomic mass is 19.1. The Kier molecular flexibility index (Phi) is 4.07. The summed E-state index contributed by atoms with van der Waals surface area (Å²) in [5.74, 6) is 0.784. The first-order valence-electron chi connectivity index (χ1n) is 8.48. The first-order valence-corrected chi connectivity index (χ1v) is 8.48. The molecule has 1 fully saturated rings. The second kappa shape index (κ2) is 6.36. The quantitative estimate of drug-likeness (QED) is 0.899. The Morgan fingerprint density at radius 1 is 1.04 bits per heavy atom. The number of benzene rings is 2. The van der Waals surface area contributed by atoms with E-state index in [2.05, 4.69) is 23.5 Å². The molecule has 0 bridgehead atoms. The van der Waals surface area contributed by atoms with Crippen molar-refractivity contribution in [1.82, 2.24) is 0 Å². The van der Waals surface area contributed by atoms with Gasteiger partial charge in [0.15, 0.2) is 0 Å². The van der Waals surface area contributed by atoms with Gasteiger partial charge in [0.1, 0.15) is 11.7 Å². The van der Waals surface area contributed by atoms with E-state index in [1.807, 2.05) is 12.1 Å². The fourth-order valence-corrected chi connectivity index (χ4v) is 3.68. The predicted molar refractivity (Wildman–Crippen MR) is 93.8 cm³/mol.